The first-order valence-electron chi connectivity index (χ1n) is 15.0. The summed E-state index contributed by atoms with van der Waals surface area (Å²) in [6.07, 6.45) is 0.723. The molecule has 3 heterocycles. The minimum absolute atomic E-state index is 0.0439. The van der Waals surface area contributed by atoms with Gasteiger partial charge >= 0.3 is 4.87 Å². The lowest BCUT2D eigenvalue weighted by molar-refractivity contribution is -0.385. The van der Waals surface area contributed by atoms with E-state index in [4.69, 9.17) is 4.74 Å². The number of non-ortho nitro benzene ring substituents is 1. The van der Waals surface area contributed by atoms with Crippen LogP contribution in [-0.4, -0.2) is 27.0 Å². The van der Waals surface area contributed by atoms with Gasteiger partial charge in [0, 0.05) is 33.7 Å². The number of ether oxygens (including phenoxy) is 1. The van der Waals surface area contributed by atoms with Gasteiger partial charge < -0.3 is 9.72 Å². The molecule has 228 valence electrons. The molecule has 45 heavy (non-hydrogen) atoms. The number of H-pyrrole nitrogens is 1. The fraction of sp³-hybridized carbons (Fsp3) is 0.324. The number of rotatable bonds is 6. The lowest BCUT2D eigenvalue weighted by Gasteiger charge is -2.43. The Morgan fingerprint density at radius 1 is 0.956 bits per heavy atom. The Labute approximate surface area is 266 Å². The number of aromatic amines is 1. The molecule has 0 radical (unpaired) electrons. The van der Waals surface area contributed by atoms with E-state index < -0.39 is 22.7 Å². The molecule has 1 aromatic heterocycles. The number of nitro groups is 1. The molecule has 1 N–H and O–H groups in total. The number of hydrogen-bond donors (Lipinski definition) is 1. The molecular weight excluding hydrogens is 611 g/mol. The van der Waals surface area contributed by atoms with Crippen molar-refractivity contribution in [1.29, 1.82) is 0 Å². The van der Waals surface area contributed by atoms with E-state index in [1.54, 1.807) is 23.9 Å². The van der Waals surface area contributed by atoms with Crippen LogP contribution in [0.15, 0.2) is 76.6 Å². The zero-order valence-electron chi connectivity index (χ0n) is 24.5. The predicted octanol–water partition coefficient (Wildman–Crippen LogP) is 6.22. The second-order valence-corrected chi connectivity index (χ2v) is 14.8. The number of carbonyl (C=O) groups is 2. The number of anilines is 1. The van der Waals surface area contributed by atoms with Crippen LogP contribution in [0.3, 0.4) is 0 Å². The quantitative estimate of drug-likeness (QED) is 0.151. The van der Waals surface area contributed by atoms with Crippen molar-refractivity contribution in [2.75, 3.05) is 4.90 Å². The molecule has 2 saturated carbocycles. The maximum absolute atomic E-state index is 14.1. The highest BCUT2D eigenvalue weighted by atomic mass is 32.2. The van der Waals surface area contributed by atoms with Crippen molar-refractivity contribution < 1.29 is 19.2 Å². The van der Waals surface area contributed by atoms with Crippen LogP contribution in [0.4, 0.5) is 11.4 Å². The molecule has 2 bridgehead atoms. The van der Waals surface area contributed by atoms with Crippen molar-refractivity contribution in [2.45, 2.75) is 43.1 Å². The number of nitrogens with one attached hydrogen (secondary N) is 1. The van der Waals surface area contributed by atoms with Crippen LogP contribution in [0.2, 0.25) is 0 Å². The number of carbonyl (C=O) groups excluding carboxylic acids is 2. The highest BCUT2D eigenvalue weighted by Crippen LogP contribution is 2.69. The van der Waals surface area contributed by atoms with Gasteiger partial charge in [0.25, 0.3) is 5.69 Å². The number of aromatic nitrogens is 1. The number of nitro benzene ring substituents is 1. The van der Waals surface area contributed by atoms with Gasteiger partial charge in [-0.3, -0.25) is 29.4 Å². The van der Waals surface area contributed by atoms with Crippen molar-refractivity contribution in [3.8, 4) is 5.75 Å². The van der Waals surface area contributed by atoms with Crippen LogP contribution in [0.5, 0.6) is 5.75 Å². The third kappa shape index (κ3) is 4.39. The molecule has 3 fully saturated rings. The van der Waals surface area contributed by atoms with E-state index in [0.717, 1.165) is 44.4 Å². The first-order chi connectivity index (χ1) is 21.7. The van der Waals surface area contributed by atoms with Gasteiger partial charge in [0.2, 0.25) is 11.8 Å². The van der Waals surface area contributed by atoms with E-state index in [1.807, 2.05) is 62.4 Å². The average Bonchev–Trinajstić information content (AvgIpc) is 3.75. The first-order valence-corrected chi connectivity index (χ1v) is 16.7. The first kappa shape index (κ1) is 28.3. The van der Waals surface area contributed by atoms with Crippen molar-refractivity contribution in [1.82, 2.24) is 4.98 Å². The number of aryl methyl sites for hydroxylation is 2. The van der Waals surface area contributed by atoms with Crippen LogP contribution >= 0.6 is 23.1 Å². The van der Waals surface area contributed by atoms with Crippen molar-refractivity contribution in [3.05, 3.63) is 114 Å². The standard InChI is InChI=1S/C34H29N3O6S2/c1-16-6-8-19(9-7-16)36-32(38)27-22-14-23(28(27)33(36)39)29-26(22)25(30-31(44-29)35-34(40)45-30)21-13-20(37(41)42)10-11-24(21)43-15-18-5-3-4-17(2)12-18/h3-13,22-23,25-29H,14-15H2,1-2H3,(H,35,40)/t22?,23?,25-,26?,27?,28?,29?/m1/s1. The Morgan fingerprint density at radius 3 is 2.44 bits per heavy atom. The Morgan fingerprint density at radius 2 is 1.71 bits per heavy atom. The van der Waals surface area contributed by atoms with Gasteiger partial charge in [-0.2, -0.15) is 0 Å². The number of hydrogen-bond acceptors (Lipinski definition) is 8. The Kier molecular flexibility index (Phi) is 6.54. The summed E-state index contributed by atoms with van der Waals surface area (Å²) < 4.78 is 6.38. The molecule has 4 aromatic rings. The number of thiazole rings is 1. The molecule has 11 heteroatoms. The summed E-state index contributed by atoms with van der Waals surface area (Å²) in [5.41, 5.74) is 4.27. The molecule has 3 aromatic carbocycles. The monoisotopic (exact) mass is 639 g/mol. The summed E-state index contributed by atoms with van der Waals surface area (Å²) in [4.78, 5) is 57.3. The van der Waals surface area contributed by atoms with Gasteiger partial charge in [-0.15, -0.1) is 11.8 Å². The molecule has 2 amide bonds. The molecule has 6 unspecified atom stereocenters. The average molecular weight is 640 g/mol. The van der Waals surface area contributed by atoms with Crippen LogP contribution < -0.4 is 14.5 Å². The zero-order valence-corrected chi connectivity index (χ0v) is 26.1. The van der Waals surface area contributed by atoms with Gasteiger partial charge in [0.05, 0.1) is 27.5 Å². The maximum atomic E-state index is 14.1. The molecule has 7 atom stereocenters. The van der Waals surface area contributed by atoms with Gasteiger partial charge in [0.15, 0.2) is 0 Å². The topological polar surface area (TPSA) is 123 Å². The fourth-order valence-corrected chi connectivity index (χ4v) is 11.2. The van der Waals surface area contributed by atoms with Gasteiger partial charge in [-0.1, -0.05) is 58.9 Å². The molecule has 1 saturated heterocycles. The molecule has 4 aliphatic rings. The fourth-order valence-electron chi connectivity index (χ4n) is 8.30. The summed E-state index contributed by atoms with van der Waals surface area (Å²) >= 11 is 2.70. The number of nitrogens with zero attached hydrogens (tertiary/aromatic N) is 2. The summed E-state index contributed by atoms with van der Waals surface area (Å²) in [6, 6.07) is 20.1. The van der Waals surface area contributed by atoms with Crippen molar-refractivity contribution in [3.63, 3.8) is 0 Å². The number of amides is 2. The second-order valence-electron chi connectivity index (χ2n) is 12.6. The summed E-state index contributed by atoms with van der Waals surface area (Å²) in [5, 5.41) is 12.7. The molecular formula is C34H29N3O6S2. The molecule has 0 spiro atoms. The predicted molar refractivity (Wildman–Crippen MR) is 171 cm³/mol. The lowest BCUT2D eigenvalue weighted by Crippen LogP contribution is -2.42. The minimum atomic E-state index is -0.472. The Hall–Kier alpha value is -4.22. The summed E-state index contributed by atoms with van der Waals surface area (Å²) in [5.74, 6) is -1.41. The largest absolute Gasteiger partial charge is 0.489 e. The van der Waals surface area contributed by atoms with E-state index in [-0.39, 0.29) is 52.0 Å². The molecule has 9 nitrogen and oxygen atoms in total. The lowest BCUT2D eigenvalue weighted by atomic mass is 9.68. The Balaban J connectivity index is 1.22. The minimum Gasteiger partial charge on any atom is -0.489 e. The van der Waals surface area contributed by atoms with E-state index in [0.29, 0.717) is 17.0 Å². The number of benzene rings is 3. The van der Waals surface area contributed by atoms with Gasteiger partial charge in [-0.25, -0.2) is 0 Å². The van der Waals surface area contributed by atoms with Gasteiger partial charge in [-0.05, 0) is 61.8 Å². The molecule has 2 aliphatic heterocycles. The van der Waals surface area contributed by atoms with E-state index in [9.17, 15) is 24.5 Å². The highest BCUT2D eigenvalue weighted by Gasteiger charge is 2.70. The highest BCUT2D eigenvalue weighted by molar-refractivity contribution is 8.00. The third-order valence-electron chi connectivity index (χ3n) is 10.0. The van der Waals surface area contributed by atoms with Crippen molar-refractivity contribution >= 4 is 46.3 Å². The van der Waals surface area contributed by atoms with E-state index in [2.05, 4.69) is 4.98 Å². The summed E-state index contributed by atoms with van der Waals surface area (Å²) in [6.45, 7) is 4.24. The SMILES string of the molecule is Cc1ccc(N2C(=O)C3C4CC(C3C2=O)C2C4Sc3[nH]c(=O)sc3[C@@H]2c2cc([N+](=O)[O-])ccc2OCc2cccc(C)c2)cc1. The van der Waals surface area contributed by atoms with E-state index >= 15 is 0 Å². The molecule has 2 aliphatic carbocycles. The zero-order chi connectivity index (χ0) is 31.1. The number of imide groups is 1. The van der Waals surface area contributed by atoms with Gasteiger partial charge in [0.1, 0.15) is 12.4 Å². The van der Waals surface area contributed by atoms with Crippen LogP contribution in [0.25, 0.3) is 0 Å². The van der Waals surface area contributed by atoms with E-state index in [1.165, 1.54) is 11.0 Å². The second kappa shape index (κ2) is 10.4. The summed E-state index contributed by atoms with van der Waals surface area (Å²) in [7, 11) is 0. The number of thioether (sulfide) groups is 1. The smallest absolute Gasteiger partial charge is 0.305 e. The third-order valence-corrected chi connectivity index (χ3v) is 12.6. The molecule has 8 rings (SSSR count). The van der Waals surface area contributed by atoms with Crippen LogP contribution in [-0.2, 0) is 16.2 Å². The van der Waals surface area contributed by atoms with Crippen LogP contribution in [0, 0.1) is 53.6 Å². The maximum Gasteiger partial charge on any atom is 0.305 e. The number of fused-ring (bicyclic) bond motifs is 9. The Bertz CT molecular complexity index is 1950. The van der Waals surface area contributed by atoms with Crippen LogP contribution in [0.1, 0.15) is 39.5 Å². The normalized spacial score (nSPS) is 27.8. The van der Waals surface area contributed by atoms with Crippen molar-refractivity contribution in [2.24, 2.45) is 29.6 Å².